The van der Waals surface area contributed by atoms with Crippen LogP contribution in [0.5, 0.6) is 6.01 Å². The van der Waals surface area contributed by atoms with Crippen molar-refractivity contribution in [2.45, 2.75) is 33.4 Å². The Hall–Kier alpha value is -3.10. The Labute approximate surface area is 165 Å². The summed E-state index contributed by atoms with van der Waals surface area (Å²) in [7, 11) is -5.73. The molecule has 1 aromatic heterocycles. The fourth-order valence-corrected chi connectivity index (χ4v) is 3.38. The first kappa shape index (κ1) is 23.9. The Morgan fingerprint density at radius 2 is 1.79 bits per heavy atom. The Bertz CT molecular complexity index is 852. The van der Waals surface area contributed by atoms with Gasteiger partial charge in [-0.25, -0.2) is 22.8 Å². The molecule has 1 heterocycles. The van der Waals surface area contributed by atoms with E-state index in [0.29, 0.717) is 6.42 Å². The molecule has 0 aliphatic rings. The standard InChI is InChI=1S/C14H19BN2O11S/c1-3-8-29(24,25)9-7-17-6-5-16(4-2)14(17)28-15(26-12(22)10(18)19)27-13(23)11(20)21/h5-6H,3-4,7-9H2,1-2H3,(H-,18,19,20,21). The van der Waals surface area contributed by atoms with Crippen LogP contribution >= 0.6 is 0 Å². The van der Waals surface area contributed by atoms with Crippen LogP contribution in [0.1, 0.15) is 20.3 Å². The summed E-state index contributed by atoms with van der Waals surface area (Å²) in [4.78, 5) is 43.6. The number of nitrogens with zero attached hydrogens (tertiary/aromatic N) is 2. The number of aliphatic carboxylic acids is 2. The predicted octanol–water partition coefficient (Wildman–Crippen LogP) is -3.10. The monoisotopic (exact) mass is 434 g/mol. The van der Waals surface area contributed by atoms with E-state index >= 15 is 0 Å². The number of carbonyl (C=O) groups is 4. The van der Waals surface area contributed by atoms with Crippen molar-refractivity contribution >= 4 is 41.0 Å². The van der Waals surface area contributed by atoms with E-state index in [0.717, 1.165) is 0 Å². The van der Waals surface area contributed by atoms with Gasteiger partial charge in [-0.1, -0.05) is 6.92 Å². The van der Waals surface area contributed by atoms with Gasteiger partial charge < -0.3 is 29.0 Å². The highest BCUT2D eigenvalue weighted by atomic mass is 32.2. The number of carboxylic acid groups (broad SMARTS) is 2. The fraction of sp³-hybridized carbons (Fsp3) is 0.500. The summed E-state index contributed by atoms with van der Waals surface area (Å²) < 4.78 is 40.2. The second kappa shape index (κ2) is 10.4. The summed E-state index contributed by atoms with van der Waals surface area (Å²) in [5.41, 5.74) is 0. The van der Waals surface area contributed by atoms with Crippen LogP contribution in [-0.4, -0.2) is 60.8 Å². The predicted molar refractivity (Wildman–Crippen MR) is 90.5 cm³/mol. The summed E-state index contributed by atoms with van der Waals surface area (Å²) in [5, 5.41) is 19.1. The van der Waals surface area contributed by atoms with Crippen molar-refractivity contribution in [2.75, 3.05) is 11.5 Å². The molecule has 13 nitrogen and oxygen atoms in total. The Balaban J connectivity index is 3.11. The van der Waals surface area contributed by atoms with E-state index in [2.05, 4.69) is 9.31 Å². The molecule has 0 atom stereocenters. The molecular weight excluding hydrogens is 415 g/mol. The third-order valence-corrected chi connectivity index (χ3v) is 5.20. The molecule has 1 N–H and O–H groups in total. The number of carbonyl (C=O) groups excluding carboxylic acids is 3. The van der Waals surface area contributed by atoms with E-state index in [1.807, 2.05) is 0 Å². The lowest BCUT2D eigenvalue weighted by Crippen LogP contribution is -2.46. The summed E-state index contributed by atoms with van der Waals surface area (Å²) in [5.74, 6) is -8.47. The maximum Gasteiger partial charge on any atom is 0.873 e. The zero-order valence-corrected chi connectivity index (χ0v) is 16.4. The first-order valence-electron chi connectivity index (χ1n) is 8.32. The topological polar surface area (TPSA) is 182 Å². The number of rotatable bonds is 10. The van der Waals surface area contributed by atoms with Gasteiger partial charge in [0.05, 0.1) is 18.1 Å². The van der Waals surface area contributed by atoms with Gasteiger partial charge in [-0.15, -0.1) is 0 Å². The highest BCUT2D eigenvalue weighted by molar-refractivity contribution is 7.91. The first-order chi connectivity index (χ1) is 13.5. The first-order valence-corrected chi connectivity index (χ1v) is 10.1. The molecular formula is C14H19BN2O11S. The van der Waals surface area contributed by atoms with E-state index in [4.69, 9.17) is 9.76 Å². The molecule has 0 aliphatic heterocycles. The second-order valence-electron chi connectivity index (χ2n) is 5.52. The molecule has 0 aliphatic carbocycles. The van der Waals surface area contributed by atoms with Gasteiger partial charge in [0.2, 0.25) is 0 Å². The lowest BCUT2D eigenvalue weighted by Gasteiger charge is -2.13. The third-order valence-electron chi connectivity index (χ3n) is 3.37. The molecule has 0 bridgehead atoms. The molecule has 1 rings (SSSR count). The highest BCUT2D eigenvalue weighted by Crippen LogP contribution is 2.09. The normalized spacial score (nSPS) is 10.8. The van der Waals surface area contributed by atoms with Crippen molar-refractivity contribution in [3.8, 4) is 6.01 Å². The number of sulfone groups is 1. The van der Waals surface area contributed by atoms with Gasteiger partial charge in [0.15, 0.2) is 15.8 Å². The molecule has 160 valence electrons. The van der Waals surface area contributed by atoms with Gasteiger partial charge in [0.1, 0.15) is 18.9 Å². The van der Waals surface area contributed by atoms with E-state index in [9.17, 15) is 32.7 Å². The quantitative estimate of drug-likeness (QED) is 0.224. The van der Waals surface area contributed by atoms with E-state index in [1.165, 1.54) is 21.5 Å². The lowest BCUT2D eigenvalue weighted by atomic mass is 10.2. The van der Waals surface area contributed by atoms with E-state index < -0.39 is 41.0 Å². The van der Waals surface area contributed by atoms with Crippen molar-refractivity contribution in [1.29, 1.82) is 0 Å². The minimum Gasteiger partial charge on any atom is -0.539 e. The van der Waals surface area contributed by atoms with Gasteiger partial charge >= 0.3 is 31.2 Å². The molecule has 1 aromatic rings. The summed E-state index contributed by atoms with van der Waals surface area (Å²) in [6.07, 6.45) is 3.33. The Morgan fingerprint density at radius 3 is 2.31 bits per heavy atom. The van der Waals surface area contributed by atoms with Crippen LogP contribution < -0.4 is 14.3 Å². The van der Waals surface area contributed by atoms with Crippen molar-refractivity contribution in [1.82, 2.24) is 4.57 Å². The maximum absolute atomic E-state index is 11.9. The van der Waals surface area contributed by atoms with Crippen LogP contribution in [0.2, 0.25) is 0 Å². The number of aromatic nitrogens is 2. The Morgan fingerprint density at radius 1 is 1.17 bits per heavy atom. The number of hydrogen-bond acceptors (Lipinski definition) is 10. The maximum atomic E-state index is 11.9. The highest BCUT2D eigenvalue weighted by Gasteiger charge is 2.41. The smallest absolute Gasteiger partial charge is 0.539 e. The van der Waals surface area contributed by atoms with Crippen LogP contribution in [-0.2, 0) is 51.4 Å². The third kappa shape index (κ3) is 7.44. The Kier molecular flexibility index (Phi) is 8.63. The van der Waals surface area contributed by atoms with Crippen molar-refractivity contribution < 1.29 is 56.3 Å². The average Bonchev–Trinajstić information content (AvgIpc) is 3.01. The van der Waals surface area contributed by atoms with Crippen molar-refractivity contribution in [3.63, 3.8) is 0 Å². The average molecular weight is 434 g/mol. The number of carboxylic acids is 2. The molecule has 0 saturated heterocycles. The van der Waals surface area contributed by atoms with Crippen molar-refractivity contribution in [3.05, 3.63) is 12.4 Å². The van der Waals surface area contributed by atoms with Crippen LogP contribution in [0.15, 0.2) is 12.4 Å². The molecule has 0 radical (unpaired) electrons. The van der Waals surface area contributed by atoms with Gasteiger partial charge in [-0.05, 0) is 13.3 Å². The molecule has 29 heavy (non-hydrogen) atoms. The summed E-state index contributed by atoms with van der Waals surface area (Å²) >= 11 is 0. The minimum atomic E-state index is -3.35. The second-order valence-corrected chi connectivity index (χ2v) is 7.83. The molecule has 0 fully saturated rings. The van der Waals surface area contributed by atoms with Gasteiger partial charge in [0.25, 0.3) is 0 Å². The van der Waals surface area contributed by atoms with Gasteiger partial charge in [0, 0.05) is 0 Å². The van der Waals surface area contributed by atoms with E-state index in [-0.39, 0.29) is 30.6 Å². The molecule has 0 amide bonds. The van der Waals surface area contributed by atoms with Crippen LogP contribution in [0, 0.1) is 0 Å². The SMILES string of the molecule is CCCS(=O)(=O)CC[n+]1ccn(CC)c1OB(OC(=O)C(=O)[O-])OC(=O)C(=O)O. The number of imidazole rings is 1. The molecule has 0 saturated carbocycles. The van der Waals surface area contributed by atoms with Crippen molar-refractivity contribution in [2.24, 2.45) is 0 Å². The van der Waals surface area contributed by atoms with E-state index in [1.54, 1.807) is 13.8 Å². The zero-order valence-electron chi connectivity index (χ0n) is 15.6. The summed E-state index contributed by atoms with van der Waals surface area (Å²) in [6.45, 7) is 3.58. The van der Waals surface area contributed by atoms with Crippen LogP contribution in [0.4, 0.5) is 0 Å². The molecule has 0 spiro atoms. The largest absolute Gasteiger partial charge is 0.873 e. The lowest BCUT2D eigenvalue weighted by molar-refractivity contribution is -0.695. The van der Waals surface area contributed by atoms with Crippen LogP contribution in [0.25, 0.3) is 0 Å². The zero-order chi connectivity index (χ0) is 22.2. The van der Waals surface area contributed by atoms with Crippen LogP contribution in [0.3, 0.4) is 0 Å². The molecule has 0 unspecified atom stereocenters. The molecule has 0 aromatic carbocycles. The number of aryl methyl sites for hydroxylation is 2. The fourth-order valence-electron chi connectivity index (χ4n) is 2.08. The summed E-state index contributed by atoms with van der Waals surface area (Å²) in [6, 6.07) is -0.173. The van der Waals surface area contributed by atoms with Gasteiger partial charge in [-0.2, -0.15) is 9.13 Å². The minimum absolute atomic E-state index is 0.0275. The molecule has 15 heteroatoms. The van der Waals surface area contributed by atoms with Gasteiger partial charge in [-0.3, -0.25) is 0 Å². The number of hydrogen-bond donors (Lipinski definition) is 1.